The maximum Gasteiger partial charge on any atom is 0.219 e. The van der Waals surface area contributed by atoms with Gasteiger partial charge in [0.2, 0.25) is 5.91 Å². The van der Waals surface area contributed by atoms with Crippen LogP contribution in [0.1, 0.15) is 27.2 Å². The molecular formula is C8H14FNO. The molecule has 1 amide bonds. The Morgan fingerprint density at radius 3 is 2.45 bits per heavy atom. The summed E-state index contributed by atoms with van der Waals surface area (Å²) in [5, 5.41) is 0. The molecule has 0 aliphatic carbocycles. The van der Waals surface area contributed by atoms with Crippen molar-refractivity contribution in [3.63, 3.8) is 0 Å². The fourth-order valence-electron chi connectivity index (χ4n) is 1.72. The predicted octanol–water partition coefficient (Wildman–Crippen LogP) is 1.36. The molecule has 64 valence electrons. The quantitative estimate of drug-likeness (QED) is 0.522. The molecule has 1 heterocycles. The minimum Gasteiger partial charge on any atom is -0.337 e. The van der Waals surface area contributed by atoms with E-state index in [0.29, 0.717) is 6.42 Å². The van der Waals surface area contributed by atoms with Crippen molar-refractivity contribution in [2.75, 3.05) is 6.54 Å². The SMILES string of the molecule is CC(=O)N1CC(C)(F)C[C@H]1C. The van der Waals surface area contributed by atoms with Crippen LogP contribution < -0.4 is 0 Å². The van der Waals surface area contributed by atoms with Gasteiger partial charge in [0.25, 0.3) is 0 Å². The molecule has 0 aromatic rings. The van der Waals surface area contributed by atoms with Gasteiger partial charge in [0.15, 0.2) is 0 Å². The van der Waals surface area contributed by atoms with E-state index in [4.69, 9.17) is 0 Å². The van der Waals surface area contributed by atoms with Gasteiger partial charge in [-0.3, -0.25) is 4.79 Å². The molecule has 3 heteroatoms. The van der Waals surface area contributed by atoms with Gasteiger partial charge in [-0.2, -0.15) is 0 Å². The largest absolute Gasteiger partial charge is 0.337 e. The van der Waals surface area contributed by atoms with Crippen LogP contribution in [0.5, 0.6) is 0 Å². The molecule has 0 bridgehead atoms. The summed E-state index contributed by atoms with van der Waals surface area (Å²) in [4.78, 5) is 12.5. The summed E-state index contributed by atoms with van der Waals surface area (Å²) in [7, 11) is 0. The van der Waals surface area contributed by atoms with E-state index in [9.17, 15) is 9.18 Å². The number of hydrogen-bond acceptors (Lipinski definition) is 1. The van der Waals surface area contributed by atoms with E-state index < -0.39 is 5.67 Å². The molecule has 1 unspecified atom stereocenters. The first kappa shape index (κ1) is 8.50. The molecule has 11 heavy (non-hydrogen) atoms. The fraction of sp³-hybridized carbons (Fsp3) is 0.875. The van der Waals surface area contributed by atoms with Crippen molar-refractivity contribution in [3.05, 3.63) is 0 Å². The third-order valence-corrected chi connectivity index (χ3v) is 2.16. The highest BCUT2D eigenvalue weighted by Gasteiger charge is 2.39. The predicted molar refractivity (Wildman–Crippen MR) is 41.0 cm³/mol. The van der Waals surface area contributed by atoms with Crippen molar-refractivity contribution in [1.82, 2.24) is 4.90 Å². The third kappa shape index (κ3) is 1.70. The van der Waals surface area contributed by atoms with Crippen molar-refractivity contribution in [2.45, 2.75) is 38.9 Å². The molecule has 0 aromatic heterocycles. The number of nitrogens with zero attached hydrogens (tertiary/aromatic N) is 1. The molecular weight excluding hydrogens is 145 g/mol. The second-order valence-electron chi connectivity index (χ2n) is 3.61. The smallest absolute Gasteiger partial charge is 0.219 e. The Bertz CT molecular complexity index is 179. The second kappa shape index (κ2) is 2.47. The van der Waals surface area contributed by atoms with Gasteiger partial charge in [-0.05, 0) is 13.8 Å². The van der Waals surface area contributed by atoms with E-state index in [2.05, 4.69) is 0 Å². The van der Waals surface area contributed by atoms with Gasteiger partial charge in [-0.25, -0.2) is 4.39 Å². The van der Waals surface area contributed by atoms with Crippen molar-refractivity contribution in [1.29, 1.82) is 0 Å². The van der Waals surface area contributed by atoms with E-state index >= 15 is 0 Å². The van der Waals surface area contributed by atoms with E-state index in [1.54, 1.807) is 11.8 Å². The Balaban J connectivity index is 2.66. The van der Waals surface area contributed by atoms with Crippen LogP contribution in [0, 0.1) is 0 Å². The minimum atomic E-state index is -1.18. The van der Waals surface area contributed by atoms with Crippen LogP contribution in [0.25, 0.3) is 0 Å². The van der Waals surface area contributed by atoms with Crippen LogP contribution in [-0.4, -0.2) is 29.1 Å². The Labute approximate surface area is 66.4 Å². The molecule has 2 nitrogen and oxygen atoms in total. The second-order valence-corrected chi connectivity index (χ2v) is 3.61. The minimum absolute atomic E-state index is 0.0288. The normalized spacial score (nSPS) is 37.8. The van der Waals surface area contributed by atoms with Gasteiger partial charge in [0, 0.05) is 19.4 Å². The molecule has 1 fully saturated rings. The first-order valence-electron chi connectivity index (χ1n) is 3.88. The average Bonchev–Trinajstić information content (AvgIpc) is 2.05. The van der Waals surface area contributed by atoms with Crippen LogP contribution in [-0.2, 0) is 4.79 Å². The summed E-state index contributed by atoms with van der Waals surface area (Å²) in [5.41, 5.74) is -1.18. The number of carbonyl (C=O) groups excluding carboxylic acids is 1. The number of alkyl halides is 1. The van der Waals surface area contributed by atoms with E-state index in [1.807, 2.05) is 6.92 Å². The van der Waals surface area contributed by atoms with Crippen LogP contribution in [0.2, 0.25) is 0 Å². The number of hydrogen-bond donors (Lipinski definition) is 0. The van der Waals surface area contributed by atoms with Crippen LogP contribution in [0.3, 0.4) is 0 Å². The molecule has 0 radical (unpaired) electrons. The van der Waals surface area contributed by atoms with Gasteiger partial charge in [-0.1, -0.05) is 0 Å². The molecule has 0 aromatic carbocycles. The summed E-state index contributed by atoms with van der Waals surface area (Å²) < 4.78 is 13.3. The van der Waals surface area contributed by atoms with Gasteiger partial charge >= 0.3 is 0 Å². The zero-order chi connectivity index (χ0) is 8.65. The summed E-state index contributed by atoms with van der Waals surface area (Å²) >= 11 is 0. The highest BCUT2D eigenvalue weighted by Crippen LogP contribution is 2.29. The first-order chi connectivity index (χ1) is 4.92. The average molecular weight is 159 g/mol. The summed E-state index contributed by atoms with van der Waals surface area (Å²) in [6.45, 7) is 5.17. The lowest BCUT2D eigenvalue weighted by Crippen LogP contribution is -2.33. The monoisotopic (exact) mass is 159 g/mol. The summed E-state index contributed by atoms with van der Waals surface area (Å²) in [5.74, 6) is -0.0288. The maximum atomic E-state index is 13.3. The lowest BCUT2D eigenvalue weighted by Gasteiger charge is -2.18. The third-order valence-electron chi connectivity index (χ3n) is 2.16. The lowest BCUT2D eigenvalue weighted by atomic mass is 10.1. The zero-order valence-corrected chi connectivity index (χ0v) is 7.22. The summed E-state index contributed by atoms with van der Waals surface area (Å²) in [6, 6.07) is 0.0579. The highest BCUT2D eigenvalue weighted by molar-refractivity contribution is 5.74. The number of likely N-dealkylation sites (tertiary alicyclic amines) is 1. The number of rotatable bonds is 0. The Morgan fingerprint density at radius 2 is 2.27 bits per heavy atom. The molecule has 1 aliphatic heterocycles. The molecule has 0 N–H and O–H groups in total. The van der Waals surface area contributed by atoms with Gasteiger partial charge < -0.3 is 4.90 Å². The van der Waals surface area contributed by atoms with E-state index in [-0.39, 0.29) is 18.5 Å². The van der Waals surface area contributed by atoms with Crippen molar-refractivity contribution >= 4 is 5.91 Å². The molecule has 0 saturated carbocycles. The van der Waals surface area contributed by atoms with Crippen LogP contribution >= 0.6 is 0 Å². The molecule has 1 rings (SSSR count). The topological polar surface area (TPSA) is 20.3 Å². The number of carbonyl (C=O) groups is 1. The number of halogens is 1. The van der Waals surface area contributed by atoms with Gasteiger partial charge in [0.1, 0.15) is 5.67 Å². The van der Waals surface area contributed by atoms with E-state index in [1.165, 1.54) is 6.92 Å². The van der Waals surface area contributed by atoms with Gasteiger partial charge in [-0.15, -0.1) is 0 Å². The highest BCUT2D eigenvalue weighted by atomic mass is 19.1. The van der Waals surface area contributed by atoms with Crippen molar-refractivity contribution in [3.8, 4) is 0 Å². The zero-order valence-electron chi connectivity index (χ0n) is 7.22. The molecule has 2 atom stereocenters. The van der Waals surface area contributed by atoms with Gasteiger partial charge in [0.05, 0.1) is 6.54 Å². The standard InChI is InChI=1S/C8H14FNO/c1-6-4-8(3,9)5-10(6)7(2)11/h6H,4-5H2,1-3H3/t6-,8?/m1/s1. The first-order valence-corrected chi connectivity index (χ1v) is 3.88. The molecule has 1 saturated heterocycles. The molecule has 0 spiro atoms. The summed E-state index contributed by atoms with van der Waals surface area (Å²) in [6.07, 6.45) is 0.465. The van der Waals surface area contributed by atoms with E-state index in [0.717, 1.165) is 0 Å². The Morgan fingerprint density at radius 1 is 1.73 bits per heavy atom. The Hall–Kier alpha value is -0.600. The Kier molecular flexibility index (Phi) is 1.90. The maximum absolute atomic E-state index is 13.3. The number of amides is 1. The lowest BCUT2D eigenvalue weighted by molar-refractivity contribution is -0.129. The van der Waals surface area contributed by atoms with Crippen LogP contribution in [0.15, 0.2) is 0 Å². The van der Waals surface area contributed by atoms with Crippen molar-refractivity contribution < 1.29 is 9.18 Å². The van der Waals surface area contributed by atoms with Crippen LogP contribution in [0.4, 0.5) is 4.39 Å². The van der Waals surface area contributed by atoms with Crippen molar-refractivity contribution in [2.24, 2.45) is 0 Å². The fourth-order valence-corrected chi connectivity index (χ4v) is 1.72. The molecule has 1 aliphatic rings.